The number of amides is 2. The van der Waals surface area contributed by atoms with Crippen molar-refractivity contribution < 1.29 is 28.4 Å². The summed E-state index contributed by atoms with van der Waals surface area (Å²) >= 11 is 0. The molecular weight excluding hydrogens is 536 g/mol. The minimum Gasteiger partial charge on any atom is -0.459 e. The van der Waals surface area contributed by atoms with Gasteiger partial charge >= 0.3 is 5.97 Å². The van der Waals surface area contributed by atoms with E-state index in [1.165, 1.54) is 0 Å². The van der Waals surface area contributed by atoms with E-state index in [1.54, 1.807) is 6.07 Å². The number of ether oxygens (including phenoxy) is 2. The third-order valence-corrected chi connectivity index (χ3v) is 6.99. The fraction of sp³-hybridized carbons (Fsp3) is 0.438. The number of benzene rings is 2. The number of carbonyl (C=O) groups excluding carboxylic acids is 3. The highest BCUT2D eigenvalue weighted by Crippen LogP contribution is 2.13. The second-order valence-corrected chi connectivity index (χ2v) is 10.9. The first kappa shape index (κ1) is 30.9. The summed E-state index contributed by atoms with van der Waals surface area (Å²) in [6, 6.07) is 18.9. The van der Waals surface area contributed by atoms with E-state index in [2.05, 4.69) is 20.7 Å². The molecule has 3 aromatic rings. The van der Waals surface area contributed by atoms with Gasteiger partial charge in [-0.15, -0.1) is 0 Å². The fourth-order valence-corrected chi connectivity index (χ4v) is 4.72. The monoisotopic (exact) mass is 576 g/mol. The van der Waals surface area contributed by atoms with Crippen molar-refractivity contribution in [3.63, 3.8) is 0 Å². The number of nitrogens with zero attached hydrogens (tertiary/aromatic N) is 2. The highest BCUT2D eigenvalue weighted by molar-refractivity contribution is 5.96. The summed E-state index contributed by atoms with van der Waals surface area (Å²) in [5.41, 5.74) is 1.98. The van der Waals surface area contributed by atoms with Gasteiger partial charge in [-0.25, -0.2) is 4.79 Å². The summed E-state index contributed by atoms with van der Waals surface area (Å²) in [5.74, 6) is -0.813. The molecule has 1 fully saturated rings. The zero-order chi connectivity index (χ0) is 29.7. The second kappa shape index (κ2) is 15.8. The van der Waals surface area contributed by atoms with E-state index in [4.69, 9.17) is 14.0 Å². The number of esters is 1. The lowest BCUT2D eigenvalue weighted by Crippen LogP contribution is -2.52. The molecule has 1 aliphatic rings. The summed E-state index contributed by atoms with van der Waals surface area (Å²) < 4.78 is 16.3. The maximum atomic E-state index is 13.6. The molecular formula is C32H40N4O6. The lowest BCUT2D eigenvalue weighted by atomic mass is 10.0. The molecule has 10 nitrogen and oxygen atoms in total. The molecule has 2 N–H and O–H groups in total. The number of hydrogen-bond donors (Lipinski definition) is 2. The summed E-state index contributed by atoms with van der Waals surface area (Å²) in [4.78, 5) is 42.0. The van der Waals surface area contributed by atoms with Gasteiger partial charge in [-0.05, 0) is 36.3 Å². The average Bonchev–Trinajstić information content (AvgIpc) is 3.47. The van der Waals surface area contributed by atoms with Crippen LogP contribution in [0.1, 0.15) is 54.1 Å². The first-order valence-electron chi connectivity index (χ1n) is 14.5. The molecule has 0 unspecified atom stereocenters. The van der Waals surface area contributed by atoms with Crippen LogP contribution in [0.4, 0.5) is 0 Å². The van der Waals surface area contributed by atoms with E-state index in [-0.39, 0.29) is 18.2 Å². The largest absolute Gasteiger partial charge is 0.459 e. The molecule has 224 valence electrons. The Morgan fingerprint density at radius 3 is 2.26 bits per heavy atom. The number of rotatable bonds is 14. The minimum atomic E-state index is -0.909. The van der Waals surface area contributed by atoms with Crippen molar-refractivity contribution in [3.8, 4) is 0 Å². The molecule has 10 heteroatoms. The van der Waals surface area contributed by atoms with Gasteiger partial charge in [0, 0.05) is 19.2 Å². The van der Waals surface area contributed by atoms with Crippen molar-refractivity contribution in [3.05, 3.63) is 89.3 Å². The topological polar surface area (TPSA) is 123 Å². The maximum Gasteiger partial charge on any atom is 0.328 e. The molecule has 2 heterocycles. The van der Waals surface area contributed by atoms with Gasteiger partial charge in [0.1, 0.15) is 18.7 Å². The molecule has 1 aliphatic heterocycles. The highest BCUT2D eigenvalue weighted by atomic mass is 16.5. The Hall–Kier alpha value is -4.02. The second-order valence-electron chi connectivity index (χ2n) is 10.9. The molecule has 2 aromatic carbocycles. The highest BCUT2D eigenvalue weighted by Gasteiger charge is 2.29. The molecule has 0 aliphatic carbocycles. The lowest BCUT2D eigenvalue weighted by molar-refractivity contribution is -0.149. The normalized spacial score (nSPS) is 15.1. The van der Waals surface area contributed by atoms with Crippen LogP contribution < -0.4 is 10.6 Å². The van der Waals surface area contributed by atoms with E-state index in [0.29, 0.717) is 44.8 Å². The van der Waals surface area contributed by atoms with Crippen molar-refractivity contribution >= 4 is 17.8 Å². The van der Waals surface area contributed by atoms with Crippen molar-refractivity contribution in [2.75, 3.05) is 26.3 Å². The van der Waals surface area contributed by atoms with Gasteiger partial charge in [-0.1, -0.05) is 79.7 Å². The van der Waals surface area contributed by atoms with Crippen molar-refractivity contribution in [1.82, 2.24) is 20.7 Å². The molecule has 1 saturated heterocycles. The third kappa shape index (κ3) is 9.81. The number of carbonyl (C=O) groups is 3. The molecule has 42 heavy (non-hydrogen) atoms. The van der Waals surface area contributed by atoms with Crippen LogP contribution >= 0.6 is 0 Å². The van der Waals surface area contributed by atoms with Crippen LogP contribution in [0, 0.1) is 5.92 Å². The quantitative estimate of drug-likeness (QED) is 0.280. The molecule has 0 spiro atoms. The summed E-state index contributed by atoms with van der Waals surface area (Å²) in [6.45, 7) is 7.41. The SMILES string of the molecule is CC(C)C[C@H](NC(=O)[C@H](CCc1ccccc1)NC(=O)c1cc(CN2CCOCC2)on1)C(=O)OCc1ccccc1. The molecule has 2 atom stereocenters. The number of morpholine rings is 1. The van der Waals surface area contributed by atoms with E-state index in [9.17, 15) is 14.4 Å². The lowest BCUT2D eigenvalue weighted by Gasteiger charge is -2.25. The average molecular weight is 577 g/mol. The predicted octanol–water partition coefficient (Wildman–Crippen LogP) is 3.51. The molecule has 1 aromatic heterocycles. The number of aryl methyl sites for hydroxylation is 1. The summed E-state index contributed by atoms with van der Waals surface area (Å²) in [5, 5.41) is 9.61. The van der Waals surface area contributed by atoms with Gasteiger partial charge in [0.05, 0.1) is 19.8 Å². The van der Waals surface area contributed by atoms with Gasteiger partial charge in [-0.3, -0.25) is 14.5 Å². The molecule has 0 bridgehead atoms. The van der Waals surface area contributed by atoms with Crippen LogP contribution in [0.2, 0.25) is 0 Å². The van der Waals surface area contributed by atoms with Crippen LogP contribution in [0.15, 0.2) is 71.3 Å². The fourth-order valence-electron chi connectivity index (χ4n) is 4.72. The van der Waals surface area contributed by atoms with Crippen LogP contribution in [0.3, 0.4) is 0 Å². The van der Waals surface area contributed by atoms with Crippen molar-refractivity contribution in [1.29, 1.82) is 0 Å². The zero-order valence-electron chi connectivity index (χ0n) is 24.3. The Kier molecular flexibility index (Phi) is 11.7. The smallest absolute Gasteiger partial charge is 0.328 e. The van der Waals surface area contributed by atoms with Gasteiger partial charge in [-0.2, -0.15) is 0 Å². The number of nitrogens with one attached hydrogen (secondary N) is 2. The first-order valence-corrected chi connectivity index (χ1v) is 14.5. The van der Waals surface area contributed by atoms with Crippen LogP contribution in [0.5, 0.6) is 0 Å². The van der Waals surface area contributed by atoms with Crippen LogP contribution in [-0.2, 0) is 38.6 Å². The predicted molar refractivity (Wildman–Crippen MR) is 156 cm³/mol. The standard InChI is InChI=1S/C32H40N4O6/c1-23(2)19-29(32(39)41-22-25-11-7-4-8-12-25)34-30(37)27(14-13-24-9-5-3-6-10-24)33-31(38)28-20-26(42-35-28)21-36-15-17-40-18-16-36/h3-12,20,23,27,29H,13-19,21-22H2,1-2H3,(H,33,38)(H,34,37)/t27-,29-/m0/s1. The minimum absolute atomic E-state index is 0.0942. The Balaban J connectivity index is 1.42. The van der Waals surface area contributed by atoms with E-state index < -0.39 is 29.9 Å². The molecule has 0 radical (unpaired) electrons. The van der Waals surface area contributed by atoms with Crippen LogP contribution in [0.25, 0.3) is 0 Å². The van der Waals surface area contributed by atoms with E-state index in [0.717, 1.165) is 24.2 Å². The molecule has 2 amide bonds. The van der Waals surface area contributed by atoms with Crippen LogP contribution in [-0.4, -0.2) is 66.2 Å². The number of aromatic nitrogens is 1. The van der Waals surface area contributed by atoms with Crippen molar-refractivity contribution in [2.45, 2.75) is 58.3 Å². The van der Waals surface area contributed by atoms with Gasteiger partial charge in [0.15, 0.2) is 11.5 Å². The zero-order valence-corrected chi connectivity index (χ0v) is 24.3. The summed E-state index contributed by atoms with van der Waals surface area (Å²) in [6.07, 6.45) is 1.27. The van der Waals surface area contributed by atoms with Gasteiger partial charge in [0.25, 0.3) is 5.91 Å². The Morgan fingerprint density at radius 1 is 0.929 bits per heavy atom. The Morgan fingerprint density at radius 2 is 1.60 bits per heavy atom. The molecule has 0 saturated carbocycles. The molecule has 4 rings (SSSR count). The van der Waals surface area contributed by atoms with E-state index in [1.807, 2.05) is 74.5 Å². The maximum absolute atomic E-state index is 13.6. The Bertz CT molecular complexity index is 1270. The first-order chi connectivity index (χ1) is 20.4. The van der Waals surface area contributed by atoms with Crippen molar-refractivity contribution in [2.24, 2.45) is 5.92 Å². The summed E-state index contributed by atoms with van der Waals surface area (Å²) in [7, 11) is 0. The Labute approximate surface area is 246 Å². The number of hydrogen-bond acceptors (Lipinski definition) is 8. The van der Waals surface area contributed by atoms with E-state index >= 15 is 0 Å². The van der Waals surface area contributed by atoms with Gasteiger partial charge < -0.3 is 24.6 Å². The third-order valence-electron chi connectivity index (χ3n) is 6.99. The van der Waals surface area contributed by atoms with Gasteiger partial charge in [0.2, 0.25) is 5.91 Å².